The number of benzene rings is 2. The Balaban J connectivity index is 2.11. The van der Waals surface area contributed by atoms with Gasteiger partial charge in [-0.3, -0.25) is 0 Å². The van der Waals surface area contributed by atoms with Crippen molar-refractivity contribution in [1.29, 1.82) is 0 Å². The van der Waals surface area contributed by atoms with Crippen molar-refractivity contribution in [1.82, 2.24) is 0 Å². The molecular formula is C19H16O. The highest BCUT2D eigenvalue weighted by molar-refractivity contribution is 6.08. The van der Waals surface area contributed by atoms with Gasteiger partial charge in [0.1, 0.15) is 11.2 Å². The summed E-state index contributed by atoms with van der Waals surface area (Å²) in [7, 11) is 0. The first-order valence-electron chi connectivity index (χ1n) is 6.97. The van der Waals surface area contributed by atoms with E-state index in [9.17, 15) is 0 Å². The Morgan fingerprint density at radius 2 is 1.65 bits per heavy atom. The van der Waals surface area contributed by atoms with Gasteiger partial charge in [0.05, 0.1) is 0 Å². The summed E-state index contributed by atoms with van der Waals surface area (Å²) in [6.07, 6.45) is 8.87. The van der Waals surface area contributed by atoms with E-state index in [0.29, 0.717) is 0 Å². The molecule has 2 aromatic carbocycles. The van der Waals surface area contributed by atoms with Gasteiger partial charge in [-0.1, -0.05) is 62.4 Å². The summed E-state index contributed by atoms with van der Waals surface area (Å²) in [6, 6.07) is 12.6. The smallest absolute Gasteiger partial charge is 0.143 e. The molecule has 1 aliphatic carbocycles. The molecule has 0 saturated heterocycles. The van der Waals surface area contributed by atoms with Crippen LogP contribution in [0.1, 0.15) is 25.0 Å². The van der Waals surface area contributed by atoms with Gasteiger partial charge in [-0.2, -0.15) is 0 Å². The SMILES string of the molecule is CC1(C)C=Cc2ccc3c(oc4ccccc43)c2C=C1. The van der Waals surface area contributed by atoms with Gasteiger partial charge in [0.25, 0.3) is 0 Å². The second kappa shape index (κ2) is 3.86. The van der Waals surface area contributed by atoms with Crippen molar-refractivity contribution in [2.45, 2.75) is 13.8 Å². The Hall–Kier alpha value is -2.28. The molecule has 1 nitrogen and oxygen atoms in total. The molecule has 0 N–H and O–H groups in total. The fourth-order valence-electron chi connectivity index (χ4n) is 2.80. The minimum absolute atomic E-state index is 0.0807. The summed E-state index contributed by atoms with van der Waals surface area (Å²) in [5.41, 5.74) is 4.43. The minimum Gasteiger partial charge on any atom is -0.455 e. The second-order valence-corrected chi connectivity index (χ2v) is 6.03. The van der Waals surface area contributed by atoms with Crippen molar-refractivity contribution in [3.8, 4) is 0 Å². The van der Waals surface area contributed by atoms with E-state index < -0.39 is 0 Å². The molecule has 0 radical (unpaired) electrons. The zero-order valence-corrected chi connectivity index (χ0v) is 11.7. The van der Waals surface area contributed by atoms with Crippen LogP contribution in [0.3, 0.4) is 0 Å². The van der Waals surface area contributed by atoms with Crippen LogP contribution in [0.4, 0.5) is 0 Å². The van der Waals surface area contributed by atoms with Crippen LogP contribution in [0, 0.1) is 5.41 Å². The van der Waals surface area contributed by atoms with Crippen molar-refractivity contribution in [2.24, 2.45) is 5.41 Å². The lowest BCUT2D eigenvalue weighted by atomic mass is 9.93. The Bertz CT molecular complexity index is 875. The fourth-order valence-corrected chi connectivity index (χ4v) is 2.80. The van der Waals surface area contributed by atoms with E-state index in [1.165, 1.54) is 21.9 Å². The Morgan fingerprint density at radius 1 is 0.850 bits per heavy atom. The predicted molar refractivity (Wildman–Crippen MR) is 85.6 cm³/mol. The molecule has 0 saturated carbocycles. The van der Waals surface area contributed by atoms with Crippen LogP contribution in [-0.4, -0.2) is 0 Å². The lowest BCUT2D eigenvalue weighted by Gasteiger charge is -2.11. The molecule has 0 unspecified atom stereocenters. The maximum atomic E-state index is 6.09. The molecule has 0 fully saturated rings. The summed E-state index contributed by atoms with van der Waals surface area (Å²) in [6.45, 7) is 4.42. The maximum Gasteiger partial charge on any atom is 0.143 e. The van der Waals surface area contributed by atoms with Crippen LogP contribution in [-0.2, 0) is 0 Å². The lowest BCUT2D eigenvalue weighted by molar-refractivity contribution is 0.633. The van der Waals surface area contributed by atoms with Crippen LogP contribution in [0.5, 0.6) is 0 Å². The number of allylic oxidation sites excluding steroid dienone is 2. The van der Waals surface area contributed by atoms with Crippen LogP contribution < -0.4 is 0 Å². The first kappa shape index (κ1) is 11.5. The Kier molecular flexibility index (Phi) is 2.23. The van der Waals surface area contributed by atoms with Gasteiger partial charge in [0.2, 0.25) is 0 Å². The van der Waals surface area contributed by atoms with E-state index in [-0.39, 0.29) is 5.41 Å². The van der Waals surface area contributed by atoms with E-state index >= 15 is 0 Å². The molecule has 0 spiro atoms. The summed E-state index contributed by atoms with van der Waals surface area (Å²) < 4.78 is 6.09. The molecule has 1 aromatic heterocycles. The monoisotopic (exact) mass is 260 g/mol. The number of rotatable bonds is 0. The van der Waals surface area contributed by atoms with Crippen molar-refractivity contribution in [3.05, 3.63) is 59.7 Å². The van der Waals surface area contributed by atoms with Gasteiger partial charge in [-0.05, 0) is 17.7 Å². The van der Waals surface area contributed by atoms with Gasteiger partial charge in [-0.25, -0.2) is 0 Å². The zero-order chi connectivity index (χ0) is 13.7. The van der Waals surface area contributed by atoms with E-state index in [2.05, 4.69) is 62.4 Å². The number of hydrogen-bond donors (Lipinski definition) is 0. The summed E-state index contributed by atoms with van der Waals surface area (Å²) >= 11 is 0. The first-order valence-corrected chi connectivity index (χ1v) is 6.97. The molecule has 0 aliphatic heterocycles. The van der Waals surface area contributed by atoms with E-state index in [0.717, 1.165) is 11.2 Å². The largest absolute Gasteiger partial charge is 0.455 e. The number of fused-ring (bicyclic) bond motifs is 5. The van der Waals surface area contributed by atoms with Crippen LogP contribution in [0.25, 0.3) is 34.1 Å². The minimum atomic E-state index is 0.0807. The topological polar surface area (TPSA) is 13.1 Å². The van der Waals surface area contributed by atoms with E-state index in [1.54, 1.807) is 0 Å². The summed E-state index contributed by atoms with van der Waals surface area (Å²) in [5, 5.41) is 2.38. The molecule has 3 aromatic rings. The molecule has 0 amide bonds. The van der Waals surface area contributed by atoms with Crippen molar-refractivity contribution < 1.29 is 4.42 Å². The number of furan rings is 1. The standard InChI is InChI=1S/C19H16O/c1-19(2)11-9-13-7-8-16-15-5-3-4-6-17(15)20-18(16)14(13)10-12-19/h3-12H,1-2H3. The fraction of sp³-hybridized carbons (Fsp3) is 0.158. The highest BCUT2D eigenvalue weighted by Gasteiger charge is 2.16. The third-order valence-corrected chi connectivity index (χ3v) is 3.99. The average Bonchev–Trinajstić information content (AvgIpc) is 2.74. The lowest BCUT2D eigenvalue weighted by Crippen LogP contribution is -1.99. The molecule has 0 atom stereocenters. The normalized spacial score (nSPS) is 16.5. The third-order valence-electron chi connectivity index (χ3n) is 3.99. The van der Waals surface area contributed by atoms with Gasteiger partial charge in [0.15, 0.2) is 0 Å². The van der Waals surface area contributed by atoms with E-state index in [1.807, 2.05) is 12.1 Å². The second-order valence-electron chi connectivity index (χ2n) is 6.03. The van der Waals surface area contributed by atoms with Crippen LogP contribution >= 0.6 is 0 Å². The molecule has 0 bridgehead atoms. The van der Waals surface area contributed by atoms with Crippen molar-refractivity contribution >= 4 is 34.1 Å². The molecule has 4 rings (SSSR count). The third kappa shape index (κ3) is 1.63. The quantitative estimate of drug-likeness (QED) is 0.509. The van der Waals surface area contributed by atoms with Crippen molar-refractivity contribution in [2.75, 3.05) is 0 Å². The van der Waals surface area contributed by atoms with Gasteiger partial charge in [-0.15, -0.1) is 0 Å². The predicted octanol–water partition coefficient (Wildman–Crippen LogP) is 5.65. The van der Waals surface area contributed by atoms with Crippen molar-refractivity contribution in [3.63, 3.8) is 0 Å². The molecule has 20 heavy (non-hydrogen) atoms. The zero-order valence-electron chi connectivity index (χ0n) is 11.7. The maximum absolute atomic E-state index is 6.09. The molecule has 1 heteroatoms. The summed E-state index contributed by atoms with van der Waals surface area (Å²) in [5.74, 6) is 0. The Labute approximate surface area is 118 Å². The van der Waals surface area contributed by atoms with Gasteiger partial charge < -0.3 is 4.42 Å². The molecule has 1 aliphatic rings. The number of para-hydroxylation sites is 1. The van der Waals surface area contributed by atoms with Gasteiger partial charge >= 0.3 is 0 Å². The first-order chi connectivity index (χ1) is 9.64. The Morgan fingerprint density at radius 3 is 2.55 bits per heavy atom. The molecule has 98 valence electrons. The van der Waals surface area contributed by atoms with Gasteiger partial charge in [0, 0.05) is 21.8 Å². The summed E-state index contributed by atoms with van der Waals surface area (Å²) in [4.78, 5) is 0. The van der Waals surface area contributed by atoms with E-state index in [4.69, 9.17) is 4.42 Å². The number of hydrogen-bond acceptors (Lipinski definition) is 1. The highest BCUT2D eigenvalue weighted by atomic mass is 16.3. The highest BCUT2D eigenvalue weighted by Crippen LogP contribution is 2.36. The molecular weight excluding hydrogens is 244 g/mol. The van der Waals surface area contributed by atoms with Crippen LogP contribution in [0.2, 0.25) is 0 Å². The molecule has 1 heterocycles. The average molecular weight is 260 g/mol. The van der Waals surface area contributed by atoms with Crippen LogP contribution in [0.15, 0.2) is 53.0 Å².